The van der Waals surface area contributed by atoms with Crippen molar-refractivity contribution >= 4 is 17.6 Å². The van der Waals surface area contributed by atoms with Gasteiger partial charge in [0.25, 0.3) is 5.91 Å². The number of nitrogens with zero attached hydrogens (tertiary/aromatic N) is 2. The number of carbonyl (C=O) groups is 2. The van der Waals surface area contributed by atoms with Crippen molar-refractivity contribution in [3.8, 4) is 0 Å². The van der Waals surface area contributed by atoms with Gasteiger partial charge in [0.15, 0.2) is 0 Å². The molecular weight excluding hydrogens is 246 g/mol. The predicted octanol–water partition coefficient (Wildman–Crippen LogP) is 1.68. The van der Waals surface area contributed by atoms with Gasteiger partial charge in [-0.05, 0) is 25.1 Å². The zero-order valence-corrected chi connectivity index (χ0v) is 10.5. The van der Waals surface area contributed by atoms with Crippen LogP contribution in [0.5, 0.6) is 0 Å². The lowest BCUT2D eigenvalue weighted by atomic mass is 10.2. The molecule has 2 aromatic rings. The maximum atomic E-state index is 12.0. The number of hydrogen-bond donors (Lipinski definition) is 2. The molecule has 0 atom stereocenters. The highest BCUT2D eigenvalue weighted by Crippen LogP contribution is 2.13. The van der Waals surface area contributed by atoms with Crippen LogP contribution in [0.15, 0.2) is 30.5 Å². The van der Waals surface area contributed by atoms with Crippen molar-refractivity contribution in [2.24, 2.45) is 7.05 Å². The lowest BCUT2D eigenvalue weighted by Gasteiger charge is -2.05. The van der Waals surface area contributed by atoms with E-state index in [1.807, 2.05) is 0 Å². The molecule has 0 bridgehead atoms. The van der Waals surface area contributed by atoms with Gasteiger partial charge in [-0.15, -0.1) is 0 Å². The third kappa shape index (κ3) is 2.62. The number of carboxylic acids is 1. The second-order valence-electron chi connectivity index (χ2n) is 4.11. The van der Waals surface area contributed by atoms with Crippen molar-refractivity contribution in [3.05, 3.63) is 47.3 Å². The monoisotopic (exact) mass is 259 g/mol. The molecule has 0 aliphatic rings. The van der Waals surface area contributed by atoms with Crippen LogP contribution < -0.4 is 5.32 Å². The molecule has 6 heteroatoms. The number of aryl methyl sites for hydroxylation is 1. The summed E-state index contributed by atoms with van der Waals surface area (Å²) in [5.41, 5.74) is 1.77. The molecule has 2 N–H and O–H groups in total. The fraction of sp³-hybridized carbons (Fsp3) is 0.154. The highest BCUT2D eigenvalue weighted by Gasteiger charge is 2.13. The average Bonchev–Trinajstić information content (AvgIpc) is 2.70. The Bertz CT molecular complexity index is 646. The van der Waals surface area contributed by atoms with Crippen LogP contribution in [0.1, 0.15) is 26.4 Å². The summed E-state index contributed by atoms with van der Waals surface area (Å²) in [5.74, 6) is -1.35. The summed E-state index contributed by atoms with van der Waals surface area (Å²) < 4.78 is 1.60. The minimum Gasteiger partial charge on any atom is -0.478 e. The molecule has 1 aromatic heterocycles. The highest BCUT2D eigenvalue weighted by atomic mass is 16.4. The molecule has 1 amide bonds. The molecule has 0 radical (unpaired) electrons. The second-order valence-corrected chi connectivity index (χ2v) is 4.11. The Hall–Kier alpha value is -2.63. The van der Waals surface area contributed by atoms with Crippen LogP contribution in [0.2, 0.25) is 0 Å². The van der Waals surface area contributed by atoms with E-state index in [1.54, 1.807) is 30.8 Å². The summed E-state index contributed by atoms with van der Waals surface area (Å²) >= 11 is 0. The van der Waals surface area contributed by atoms with E-state index in [9.17, 15) is 9.59 Å². The summed E-state index contributed by atoms with van der Waals surface area (Å²) in [5, 5.41) is 15.5. The number of aromatic carboxylic acids is 1. The molecule has 6 nitrogen and oxygen atoms in total. The van der Waals surface area contributed by atoms with Crippen LogP contribution in [0.25, 0.3) is 0 Å². The maximum absolute atomic E-state index is 12.0. The lowest BCUT2D eigenvalue weighted by molar-refractivity contribution is 0.0696. The molecular formula is C13H13N3O3. The van der Waals surface area contributed by atoms with Gasteiger partial charge in [0.1, 0.15) is 0 Å². The molecule has 2 rings (SSSR count). The summed E-state index contributed by atoms with van der Waals surface area (Å²) in [6.07, 6.45) is 1.48. The number of rotatable bonds is 3. The first-order valence-corrected chi connectivity index (χ1v) is 5.62. The number of hydrogen-bond acceptors (Lipinski definition) is 3. The summed E-state index contributed by atoms with van der Waals surface area (Å²) in [6.45, 7) is 1.79. The smallest absolute Gasteiger partial charge is 0.335 e. The number of carbonyl (C=O) groups excluding carboxylic acids is 1. The fourth-order valence-corrected chi connectivity index (χ4v) is 1.65. The van der Waals surface area contributed by atoms with Gasteiger partial charge in [-0.1, -0.05) is 6.07 Å². The van der Waals surface area contributed by atoms with E-state index >= 15 is 0 Å². The first-order chi connectivity index (χ1) is 8.99. The number of anilines is 1. The largest absolute Gasteiger partial charge is 0.478 e. The van der Waals surface area contributed by atoms with E-state index in [2.05, 4.69) is 10.4 Å². The SMILES string of the molecule is Cc1c(C(=O)Nc2cccc(C(=O)O)c2)cnn1C. The fourth-order valence-electron chi connectivity index (χ4n) is 1.65. The molecule has 0 aliphatic heterocycles. The third-order valence-electron chi connectivity index (χ3n) is 2.85. The number of amides is 1. The van der Waals surface area contributed by atoms with Crippen LogP contribution in [-0.4, -0.2) is 26.8 Å². The Morgan fingerprint density at radius 1 is 1.37 bits per heavy atom. The third-order valence-corrected chi connectivity index (χ3v) is 2.85. The number of benzene rings is 1. The molecule has 19 heavy (non-hydrogen) atoms. The summed E-state index contributed by atoms with van der Waals surface area (Å²) in [7, 11) is 1.75. The van der Waals surface area contributed by atoms with Crippen molar-refractivity contribution in [1.29, 1.82) is 0 Å². The highest BCUT2D eigenvalue weighted by molar-refractivity contribution is 6.05. The Morgan fingerprint density at radius 3 is 2.68 bits per heavy atom. The predicted molar refractivity (Wildman–Crippen MR) is 69.3 cm³/mol. The second kappa shape index (κ2) is 4.93. The minimum atomic E-state index is -1.03. The molecule has 1 heterocycles. The Balaban J connectivity index is 2.22. The van der Waals surface area contributed by atoms with Gasteiger partial charge in [-0.25, -0.2) is 4.79 Å². The van der Waals surface area contributed by atoms with Gasteiger partial charge in [-0.3, -0.25) is 9.48 Å². The maximum Gasteiger partial charge on any atom is 0.335 e. The van der Waals surface area contributed by atoms with E-state index in [1.165, 1.54) is 18.3 Å². The van der Waals surface area contributed by atoms with Crippen molar-refractivity contribution in [2.45, 2.75) is 6.92 Å². The summed E-state index contributed by atoms with van der Waals surface area (Å²) in [4.78, 5) is 22.9. The molecule has 0 unspecified atom stereocenters. The van der Waals surface area contributed by atoms with E-state index in [-0.39, 0.29) is 11.5 Å². The Morgan fingerprint density at radius 2 is 2.11 bits per heavy atom. The van der Waals surface area contributed by atoms with Crippen LogP contribution in [0, 0.1) is 6.92 Å². The summed E-state index contributed by atoms with van der Waals surface area (Å²) in [6, 6.07) is 6.09. The van der Waals surface area contributed by atoms with Crippen LogP contribution in [0.4, 0.5) is 5.69 Å². The molecule has 0 spiro atoms. The van der Waals surface area contributed by atoms with Gasteiger partial charge in [0, 0.05) is 18.4 Å². The van der Waals surface area contributed by atoms with Gasteiger partial charge in [0.05, 0.1) is 17.3 Å². The number of carboxylic acid groups (broad SMARTS) is 1. The number of nitrogens with one attached hydrogen (secondary N) is 1. The van der Waals surface area contributed by atoms with Gasteiger partial charge in [0.2, 0.25) is 0 Å². The van der Waals surface area contributed by atoms with Crippen molar-refractivity contribution in [3.63, 3.8) is 0 Å². The zero-order chi connectivity index (χ0) is 14.0. The minimum absolute atomic E-state index is 0.126. The van der Waals surface area contributed by atoms with Gasteiger partial charge >= 0.3 is 5.97 Å². The topological polar surface area (TPSA) is 84.2 Å². The quantitative estimate of drug-likeness (QED) is 0.878. The number of aromatic nitrogens is 2. The van der Waals surface area contributed by atoms with E-state index in [0.717, 1.165) is 5.69 Å². The standard InChI is InChI=1S/C13H13N3O3/c1-8-11(7-14-16(8)2)12(17)15-10-5-3-4-9(6-10)13(18)19/h3-7H,1-2H3,(H,15,17)(H,18,19). The van der Waals surface area contributed by atoms with Crippen LogP contribution >= 0.6 is 0 Å². The first-order valence-electron chi connectivity index (χ1n) is 5.62. The Labute approximate surface area is 109 Å². The van der Waals surface area contributed by atoms with Crippen molar-refractivity contribution in [2.75, 3.05) is 5.32 Å². The van der Waals surface area contributed by atoms with Gasteiger partial charge in [-0.2, -0.15) is 5.10 Å². The lowest BCUT2D eigenvalue weighted by Crippen LogP contribution is -2.13. The first kappa shape index (κ1) is 12.8. The normalized spacial score (nSPS) is 10.2. The molecule has 98 valence electrons. The molecule has 0 aliphatic carbocycles. The Kier molecular flexibility index (Phi) is 3.33. The molecule has 0 saturated carbocycles. The van der Waals surface area contributed by atoms with Crippen molar-refractivity contribution in [1.82, 2.24) is 9.78 Å². The average molecular weight is 259 g/mol. The zero-order valence-electron chi connectivity index (χ0n) is 10.5. The molecule has 0 saturated heterocycles. The van der Waals surface area contributed by atoms with E-state index in [4.69, 9.17) is 5.11 Å². The van der Waals surface area contributed by atoms with Crippen LogP contribution in [-0.2, 0) is 7.05 Å². The van der Waals surface area contributed by atoms with E-state index < -0.39 is 5.97 Å². The van der Waals surface area contributed by atoms with E-state index in [0.29, 0.717) is 11.3 Å². The van der Waals surface area contributed by atoms with Gasteiger partial charge < -0.3 is 10.4 Å². The molecule has 1 aromatic carbocycles. The van der Waals surface area contributed by atoms with Crippen molar-refractivity contribution < 1.29 is 14.7 Å². The van der Waals surface area contributed by atoms with Crippen LogP contribution in [0.3, 0.4) is 0 Å². The molecule has 0 fully saturated rings.